The zero-order valence-corrected chi connectivity index (χ0v) is 14.0. The Morgan fingerprint density at radius 1 is 1.22 bits per heavy atom. The van der Waals surface area contributed by atoms with Crippen LogP contribution in [0.25, 0.3) is 0 Å². The van der Waals surface area contributed by atoms with Crippen molar-refractivity contribution in [1.82, 2.24) is 4.90 Å². The molecule has 2 rings (SSSR count). The van der Waals surface area contributed by atoms with Gasteiger partial charge in [-0.1, -0.05) is 30.1 Å². The fraction of sp³-hybridized carbons (Fsp3) is 0.556. The van der Waals surface area contributed by atoms with E-state index in [4.69, 9.17) is 9.57 Å². The lowest BCUT2D eigenvalue weighted by molar-refractivity contribution is -0.136. The highest BCUT2D eigenvalue weighted by Crippen LogP contribution is 2.17. The van der Waals surface area contributed by atoms with Gasteiger partial charge in [0.05, 0.1) is 12.3 Å². The van der Waals surface area contributed by atoms with E-state index in [9.17, 15) is 4.79 Å². The molecule has 1 aliphatic heterocycles. The van der Waals surface area contributed by atoms with Gasteiger partial charge in [0, 0.05) is 18.7 Å². The number of oxime groups is 1. The number of nitrogens with zero attached hydrogens (tertiary/aromatic N) is 2. The van der Waals surface area contributed by atoms with Gasteiger partial charge in [-0.2, -0.15) is 0 Å². The van der Waals surface area contributed by atoms with Crippen molar-refractivity contribution < 1.29 is 14.4 Å². The summed E-state index contributed by atoms with van der Waals surface area (Å²) in [5.41, 5.74) is 0.837. The average Bonchev–Trinajstić information content (AvgIpc) is 2.81. The molecule has 1 aliphatic rings. The fourth-order valence-corrected chi connectivity index (χ4v) is 2.55. The van der Waals surface area contributed by atoms with Gasteiger partial charge < -0.3 is 14.5 Å². The first-order valence-electron chi connectivity index (χ1n) is 8.35. The van der Waals surface area contributed by atoms with Crippen molar-refractivity contribution in [3.05, 3.63) is 29.8 Å². The van der Waals surface area contributed by atoms with Crippen molar-refractivity contribution in [2.24, 2.45) is 5.16 Å². The summed E-state index contributed by atoms with van der Waals surface area (Å²) in [5.74, 6) is 0.768. The van der Waals surface area contributed by atoms with E-state index in [1.54, 1.807) is 6.21 Å². The zero-order valence-electron chi connectivity index (χ0n) is 14.0. The maximum Gasteiger partial charge on any atom is 0.263 e. The second kappa shape index (κ2) is 9.18. The molecule has 0 bridgehead atoms. The third-order valence-corrected chi connectivity index (χ3v) is 3.69. The highest BCUT2D eigenvalue weighted by atomic mass is 16.6. The number of likely N-dealkylation sites (tertiary alicyclic amines) is 1. The van der Waals surface area contributed by atoms with Gasteiger partial charge in [0.1, 0.15) is 5.75 Å². The number of hydrogen-bond donors (Lipinski definition) is 0. The summed E-state index contributed by atoms with van der Waals surface area (Å²) in [5, 5.41) is 3.92. The third kappa shape index (κ3) is 5.93. The third-order valence-electron chi connectivity index (χ3n) is 3.69. The predicted octanol–water partition coefficient (Wildman–Crippen LogP) is 3.23. The van der Waals surface area contributed by atoms with Crippen LogP contribution in [0.1, 0.15) is 45.1 Å². The topological polar surface area (TPSA) is 51.1 Å². The van der Waals surface area contributed by atoms with Gasteiger partial charge in [0.15, 0.2) is 6.61 Å². The molecule has 1 heterocycles. The van der Waals surface area contributed by atoms with Gasteiger partial charge in [-0.3, -0.25) is 4.79 Å². The summed E-state index contributed by atoms with van der Waals surface area (Å²) in [7, 11) is 0. The molecular weight excluding hydrogens is 292 g/mol. The van der Waals surface area contributed by atoms with Crippen molar-refractivity contribution in [1.29, 1.82) is 0 Å². The summed E-state index contributed by atoms with van der Waals surface area (Å²) in [6.45, 7) is 5.60. The number of benzene rings is 1. The van der Waals surface area contributed by atoms with E-state index in [0.717, 1.165) is 37.2 Å². The Bertz CT molecular complexity index is 521. The van der Waals surface area contributed by atoms with Gasteiger partial charge in [-0.05, 0) is 38.8 Å². The molecule has 0 radical (unpaired) electrons. The Labute approximate surface area is 138 Å². The van der Waals surface area contributed by atoms with Crippen LogP contribution < -0.4 is 4.74 Å². The second-order valence-electron chi connectivity index (χ2n) is 6.01. The maximum absolute atomic E-state index is 12.1. The molecule has 0 aromatic heterocycles. The summed E-state index contributed by atoms with van der Waals surface area (Å²) in [6, 6.07) is 7.63. The number of carbonyl (C=O) groups is 1. The number of rotatable bonds is 6. The van der Waals surface area contributed by atoms with Crippen LogP contribution in [-0.4, -0.2) is 42.8 Å². The van der Waals surface area contributed by atoms with Crippen molar-refractivity contribution in [2.45, 2.75) is 45.6 Å². The van der Waals surface area contributed by atoms with E-state index in [2.05, 4.69) is 5.16 Å². The molecule has 0 saturated carbocycles. The average molecular weight is 318 g/mol. The molecule has 23 heavy (non-hydrogen) atoms. The molecule has 1 fully saturated rings. The van der Waals surface area contributed by atoms with Crippen molar-refractivity contribution >= 4 is 12.1 Å². The quantitative estimate of drug-likeness (QED) is 0.598. The summed E-state index contributed by atoms with van der Waals surface area (Å²) in [6.07, 6.45) is 6.25. The summed E-state index contributed by atoms with van der Waals surface area (Å²) in [4.78, 5) is 19.1. The van der Waals surface area contributed by atoms with Gasteiger partial charge in [0.25, 0.3) is 5.91 Å². The number of ether oxygens (including phenoxy) is 1. The fourth-order valence-electron chi connectivity index (χ4n) is 2.55. The van der Waals surface area contributed by atoms with E-state index in [-0.39, 0.29) is 18.6 Å². The number of hydrogen-bond acceptors (Lipinski definition) is 4. The summed E-state index contributed by atoms with van der Waals surface area (Å²) < 4.78 is 5.71. The highest BCUT2D eigenvalue weighted by Gasteiger charge is 2.15. The normalized spacial score (nSPS) is 15.7. The SMILES string of the molecule is CC(C)Oc1ccccc1C=NOCC(=O)N1CCCCCC1. The smallest absolute Gasteiger partial charge is 0.263 e. The lowest BCUT2D eigenvalue weighted by atomic mass is 10.2. The van der Waals surface area contributed by atoms with E-state index in [1.165, 1.54) is 12.8 Å². The minimum Gasteiger partial charge on any atom is -0.490 e. The van der Waals surface area contributed by atoms with Crippen LogP contribution in [0.3, 0.4) is 0 Å². The number of para-hydroxylation sites is 1. The molecule has 1 saturated heterocycles. The minimum atomic E-state index is -0.0102. The highest BCUT2D eigenvalue weighted by molar-refractivity contribution is 5.83. The Hall–Kier alpha value is -2.04. The largest absolute Gasteiger partial charge is 0.490 e. The molecule has 126 valence electrons. The Balaban J connectivity index is 1.83. The first-order chi connectivity index (χ1) is 11.2. The molecular formula is C18H26N2O3. The molecule has 0 N–H and O–H groups in total. The molecule has 5 heteroatoms. The maximum atomic E-state index is 12.1. The monoisotopic (exact) mass is 318 g/mol. The van der Waals surface area contributed by atoms with E-state index in [1.807, 2.05) is 43.0 Å². The second-order valence-corrected chi connectivity index (χ2v) is 6.01. The van der Waals surface area contributed by atoms with Crippen LogP contribution in [0, 0.1) is 0 Å². The van der Waals surface area contributed by atoms with Gasteiger partial charge in [0.2, 0.25) is 0 Å². The Morgan fingerprint density at radius 3 is 2.61 bits per heavy atom. The lowest BCUT2D eigenvalue weighted by Gasteiger charge is -2.19. The van der Waals surface area contributed by atoms with Gasteiger partial charge in [-0.25, -0.2) is 0 Å². The standard InChI is InChI=1S/C18H26N2O3/c1-15(2)23-17-10-6-5-9-16(17)13-19-22-14-18(21)20-11-7-3-4-8-12-20/h5-6,9-10,13,15H,3-4,7-8,11-12,14H2,1-2H3. The van der Waals surface area contributed by atoms with Gasteiger partial charge in [-0.15, -0.1) is 0 Å². The van der Waals surface area contributed by atoms with Crippen LogP contribution >= 0.6 is 0 Å². The van der Waals surface area contributed by atoms with Gasteiger partial charge >= 0.3 is 0 Å². The molecule has 1 amide bonds. The molecule has 0 unspecified atom stereocenters. The van der Waals surface area contributed by atoms with Crippen LogP contribution in [0.4, 0.5) is 0 Å². The zero-order chi connectivity index (χ0) is 16.5. The molecule has 0 aliphatic carbocycles. The van der Waals surface area contributed by atoms with E-state index < -0.39 is 0 Å². The van der Waals surface area contributed by atoms with Crippen LogP contribution in [-0.2, 0) is 9.63 Å². The summed E-state index contributed by atoms with van der Waals surface area (Å²) >= 11 is 0. The molecule has 1 aromatic rings. The number of carbonyl (C=O) groups excluding carboxylic acids is 1. The van der Waals surface area contributed by atoms with Crippen LogP contribution in [0.15, 0.2) is 29.4 Å². The van der Waals surface area contributed by atoms with E-state index in [0.29, 0.717) is 0 Å². The number of amides is 1. The van der Waals surface area contributed by atoms with Crippen LogP contribution in [0.2, 0.25) is 0 Å². The lowest BCUT2D eigenvalue weighted by Crippen LogP contribution is -2.34. The Morgan fingerprint density at radius 2 is 1.91 bits per heavy atom. The van der Waals surface area contributed by atoms with Crippen molar-refractivity contribution in [3.63, 3.8) is 0 Å². The molecule has 1 aromatic carbocycles. The predicted molar refractivity (Wildman–Crippen MR) is 90.8 cm³/mol. The Kier molecular flexibility index (Phi) is 6.91. The first-order valence-corrected chi connectivity index (χ1v) is 8.35. The van der Waals surface area contributed by atoms with E-state index >= 15 is 0 Å². The molecule has 0 spiro atoms. The van der Waals surface area contributed by atoms with Crippen LogP contribution in [0.5, 0.6) is 5.75 Å². The first kappa shape index (κ1) is 17.3. The van der Waals surface area contributed by atoms with Crippen molar-refractivity contribution in [3.8, 4) is 5.75 Å². The molecule has 5 nitrogen and oxygen atoms in total. The minimum absolute atomic E-state index is 0.00997. The molecule has 0 atom stereocenters. The van der Waals surface area contributed by atoms with Crippen molar-refractivity contribution in [2.75, 3.05) is 19.7 Å².